The lowest BCUT2D eigenvalue weighted by Crippen LogP contribution is -2.31. The molecular formula is C12H17F2NO2. The van der Waals surface area contributed by atoms with Gasteiger partial charge >= 0.3 is 0 Å². The smallest absolute Gasteiger partial charge is 0.162 e. The fourth-order valence-electron chi connectivity index (χ4n) is 1.34. The zero-order chi connectivity index (χ0) is 12.8. The molecule has 2 N–H and O–H groups in total. The molecule has 0 aliphatic heterocycles. The Balaban J connectivity index is 2.54. The largest absolute Gasteiger partial charge is 0.490 e. The molecule has 3 nitrogen and oxygen atoms in total. The molecule has 1 aromatic rings. The molecule has 1 atom stereocenters. The highest BCUT2D eigenvalue weighted by Crippen LogP contribution is 2.21. The molecule has 96 valence electrons. The highest BCUT2D eigenvalue weighted by molar-refractivity contribution is 5.33. The van der Waals surface area contributed by atoms with Gasteiger partial charge in [0.1, 0.15) is 18.5 Å². The van der Waals surface area contributed by atoms with Crippen LogP contribution in [0.3, 0.4) is 0 Å². The van der Waals surface area contributed by atoms with Crippen LogP contribution < -0.4 is 10.1 Å². The maximum absolute atomic E-state index is 13.0. The fourth-order valence-corrected chi connectivity index (χ4v) is 1.34. The summed E-state index contributed by atoms with van der Waals surface area (Å²) in [6.07, 6.45) is -0.678. The second-order valence-electron chi connectivity index (χ2n) is 3.80. The van der Waals surface area contributed by atoms with Crippen LogP contribution in [0.25, 0.3) is 0 Å². The molecule has 0 spiro atoms. The first kappa shape index (κ1) is 13.9. The van der Waals surface area contributed by atoms with Crippen molar-refractivity contribution in [2.24, 2.45) is 0 Å². The number of benzene rings is 1. The molecule has 17 heavy (non-hydrogen) atoms. The van der Waals surface area contributed by atoms with Crippen LogP contribution in [-0.4, -0.2) is 30.9 Å². The average molecular weight is 245 g/mol. The molecule has 1 aromatic carbocycles. The molecule has 0 aromatic heterocycles. The lowest BCUT2D eigenvalue weighted by molar-refractivity contribution is 0.106. The number of aliphatic hydroxyl groups excluding tert-OH is 1. The van der Waals surface area contributed by atoms with E-state index in [9.17, 15) is 13.9 Å². The molecule has 0 radical (unpaired) electrons. The molecular weight excluding hydrogens is 228 g/mol. The van der Waals surface area contributed by atoms with Crippen LogP contribution in [0.4, 0.5) is 8.78 Å². The quantitative estimate of drug-likeness (QED) is 0.800. The van der Waals surface area contributed by atoms with Gasteiger partial charge in [0.25, 0.3) is 0 Å². The van der Waals surface area contributed by atoms with Gasteiger partial charge in [0.05, 0.1) is 0 Å². The van der Waals surface area contributed by atoms with E-state index in [1.807, 2.05) is 6.92 Å². The number of rotatable bonds is 6. The van der Waals surface area contributed by atoms with Gasteiger partial charge in [0.15, 0.2) is 11.6 Å². The summed E-state index contributed by atoms with van der Waals surface area (Å²) in [5.41, 5.74) is 0.500. The van der Waals surface area contributed by atoms with E-state index in [2.05, 4.69) is 5.32 Å². The number of hydrogen-bond acceptors (Lipinski definition) is 3. The van der Waals surface area contributed by atoms with Gasteiger partial charge in [-0.1, -0.05) is 6.92 Å². The van der Waals surface area contributed by atoms with Crippen molar-refractivity contribution >= 4 is 0 Å². The Bertz CT molecular complexity index is 372. The third-order valence-electron chi connectivity index (χ3n) is 2.28. The summed E-state index contributed by atoms with van der Waals surface area (Å²) in [6.45, 7) is 4.74. The van der Waals surface area contributed by atoms with E-state index in [0.29, 0.717) is 12.1 Å². The van der Waals surface area contributed by atoms with Crippen LogP contribution in [0.2, 0.25) is 0 Å². The van der Waals surface area contributed by atoms with Crippen molar-refractivity contribution in [3.05, 3.63) is 29.3 Å². The van der Waals surface area contributed by atoms with E-state index in [0.717, 1.165) is 18.7 Å². The van der Waals surface area contributed by atoms with Crippen LogP contribution in [0.15, 0.2) is 12.1 Å². The monoisotopic (exact) mass is 245 g/mol. The fraction of sp³-hybridized carbons (Fsp3) is 0.500. The van der Waals surface area contributed by atoms with Crippen LogP contribution in [0.1, 0.15) is 12.5 Å². The minimum Gasteiger partial charge on any atom is -0.490 e. The highest BCUT2D eigenvalue weighted by atomic mass is 19.2. The Kier molecular flexibility index (Phi) is 5.31. The highest BCUT2D eigenvalue weighted by Gasteiger charge is 2.10. The number of aliphatic hydroxyl groups is 1. The van der Waals surface area contributed by atoms with Gasteiger partial charge in [-0.2, -0.15) is 0 Å². The minimum atomic E-state index is -0.952. The van der Waals surface area contributed by atoms with Crippen LogP contribution in [-0.2, 0) is 0 Å². The second-order valence-corrected chi connectivity index (χ2v) is 3.80. The van der Waals surface area contributed by atoms with Gasteiger partial charge < -0.3 is 15.2 Å². The molecule has 5 heteroatoms. The number of nitrogens with one attached hydrogen (secondary N) is 1. The Morgan fingerprint density at radius 2 is 2.00 bits per heavy atom. The van der Waals surface area contributed by atoms with Crippen LogP contribution >= 0.6 is 0 Å². The summed E-state index contributed by atoms with van der Waals surface area (Å²) < 4.78 is 31.0. The molecule has 0 fully saturated rings. The van der Waals surface area contributed by atoms with E-state index in [4.69, 9.17) is 4.74 Å². The first-order valence-electron chi connectivity index (χ1n) is 5.51. The Hall–Kier alpha value is -1.20. The Morgan fingerprint density at radius 1 is 1.35 bits per heavy atom. The van der Waals surface area contributed by atoms with Gasteiger partial charge in [-0.3, -0.25) is 0 Å². The maximum atomic E-state index is 13.0. The Morgan fingerprint density at radius 3 is 2.65 bits per heavy atom. The second kappa shape index (κ2) is 6.51. The lowest BCUT2D eigenvalue weighted by atomic mass is 10.2. The minimum absolute atomic E-state index is 0.0406. The number of aryl methyl sites for hydroxylation is 1. The normalized spacial score (nSPS) is 12.5. The summed E-state index contributed by atoms with van der Waals surface area (Å²) in [5.74, 6) is -1.60. The zero-order valence-electron chi connectivity index (χ0n) is 9.96. The topological polar surface area (TPSA) is 41.5 Å². The third-order valence-corrected chi connectivity index (χ3v) is 2.28. The first-order valence-corrected chi connectivity index (χ1v) is 5.51. The van der Waals surface area contributed by atoms with Crippen molar-refractivity contribution in [1.29, 1.82) is 0 Å². The summed E-state index contributed by atoms with van der Waals surface area (Å²) in [5, 5.41) is 12.5. The number of hydrogen-bond donors (Lipinski definition) is 2. The molecule has 0 amide bonds. The van der Waals surface area contributed by atoms with E-state index >= 15 is 0 Å². The van der Waals surface area contributed by atoms with Gasteiger partial charge in [-0.05, 0) is 25.1 Å². The average Bonchev–Trinajstić information content (AvgIpc) is 2.29. The zero-order valence-corrected chi connectivity index (χ0v) is 9.96. The predicted molar refractivity (Wildman–Crippen MR) is 61.1 cm³/mol. The number of likely N-dealkylation sites (N-methyl/N-ethyl adjacent to an activating group) is 1. The molecule has 1 rings (SSSR count). The van der Waals surface area contributed by atoms with E-state index in [1.54, 1.807) is 6.92 Å². The predicted octanol–water partition coefficient (Wildman–Crippen LogP) is 1.62. The Labute approximate surface area is 99.4 Å². The number of halogens is 2. The van der Waals surface area contributed by atoms with Gasteiger partial charge in [0.2, 0.25) is 0 Å². The van der Waals surface area contributed by atoms with Gasteiger partial charge in [-0.25, -0.2) is 8.78 Å². The van der Waals surface area contributed by atoms with Gasteiger partial charge in [0, 0.05) is 12.6 Å². The van der Waals surface area contributed by atoms with Crippen molar-refractivity contribution in [3.8, 4) is 5.75 Å². The SMILES string of the molecule is CCNCC(O)COc1cc(F)c(F)cc1C. The van der Waals surface area contributed by atoms with E-state index < -0.39 is 17.7 Å². The lowest BCUT2D eigenvalue weighted by Gasteiger charge is -2.14. The maximum Gasteiger partial charge on any atom is 0.162 e. The molecule has 0 saturated carbocycles. The van der Waals surface area contributed by atoms with Crippen molar-refractivity contribution in [3.63, 3.8) is 0 Å². The molecule has 0 aliphatic carbocycles. The van der Waals surface area contributed by atoms with Crippen LogP contribution in [0.5, 0.6) is 5.75 Å². The molecule has 0 bridgehead atoms. The van der Waals surface area contributed by atoms with Crippen molar-refractivity contribution in [2.45, 2.75) is 20.0 Å². The first-order chi connectivity index (χ1) is 8.04. The van der Waals surface area contributed by atoms with E-state index in [1.165, 1.54) is 0 Å². The van der Waals surface area contributed by atoms with Gasteiger partial charge in [-0.15, -0.1) is 0 Å². The molecule has 0 saturated heterocycles. The van der Waals surface area contributed by atoms with Crippen molar-refractivity contribution in [2.75, 3.05) is 19.7 Å². The number of ether oxygens (including phenoxy) is 1. The summed E-state index contributed by atoms with van der Waals surface area (Å²) in [7, 11) is 0. The third kappa shape index (κ3) is 4.28. The van der Waals surface area contributed by atoms with Crippen LogP contribution in [0, 0.1) is 18.6 Å². The molecule has 0 heterocycles. The summed E-state index contributed by atoms with van der Waals surface area (Å²) >= 11 is 0. The molecule has 1 unspecified atom stereocenters. The van der Waals surface area contributed by atoms with E-state index in [-0.39, 0.29) is 12.4 Å². The summed E-state index contributed by atoms with van der Waals surface area (Å²) in [6, 6.07) is 2.06. The van der Waals surface area contributed by atoms with Crippen molar-refractivity contribution in [1.82, 2.24) is 5.32 Å². The molecule has 0 aliphatic rings. The van der Waals surface area contributed by atoms with Crippen molar-refractivity contribution < 1.29 is 18.6 Å². The standard InChI is InChI=1S/C12H17F2NO2/c1-3-15-6-9(16)7-17-12-5-11(14)10(13)4-8(12)2/h4-5,9,15-16H,3,6-7H2,1-2H3. The summed E-state index contributed by atoms with van der Waals surface area (Å²) in [4.78, 5) is 0.